The quantitative estimate of drug-likeness (QED) is 0.499. The maximum Gasteiger partial charge on any atom is 0.270 e. The molecule has 2 aromatic carbocycles. The van der Waals surface area contributed by atoms with Gasteiger partial charge in [0.1, 0.15) is 0 Å². The van der Waals surface area contributed by atoms with Crippen LogP contribution in [0.25, 0.3) is 0 Å². The van der Waals surface area contributed by atoms with E-state index < -0.39 is 4.92 Å². The lowest BCUT2D eigenvalue weighted by Crippen LogP contribution is -2.33. The minimum Gasteiger partial charge on any atom is -0.352 e. The number of hydrogen-bond donors (Lipinski definition) is 1. The summed E-state index contributed by atoms with van der Waals surface area (Å²) in [6, 6.07) is 14.3. The molecule has 0 fully saturated rings. The predicted molar refractivity (Wildman–Crippen MR) is 95.5 cm³/mol. The molecule has 3 rings (SSSR count). The summed E-state index contributed by atoms with van der Waals surface area (Å²) in [5.41, 5.74) is 3.06. The first-order valence-electron chi connectivity index (χ1n) is 8.45. The van der Waals surface area contributed by atoms with Gasteiger partial charge in [-0.15, -0.1) is 0 Å². The number of non-ortho nitro benzene ring substituents is 1. The number of hydrogen-bond acceptors (Lipinski definition) is 4. The van der Waals surface area contributed by atoms with Gasteiger partial charge in [-0.2, -0.15) is 0 Å². The summed E-state index contributed by atoms with van der Waals surface area (Å²) in [4.78, 5) is 24.7. The van der Waals surface area contributed by atoms with Crippen LogP contribution in [-0.4, -0.2) is 35.4 Å². The maximum absolute atomic E-state index is 12.1. The first kappa shape index (κ1) is 17.1. The van der Waals surface area contributed by atoms with Crippen LogP contribution in [0.4, 0.5) is 5.69 Å². The van der Waals surface area contributed by atoms with Crippen LogP contribution in [0.1, 0.15) is 27.9 Å². The zero-order valence-electron chi connectivity index (χ0n) is 14.0. The molecule has 1 amide bonds. The van der Waals surface area contributed by atoms with Gasteiger partial charge in [0, 0.05) is 43.9 Å². The van der Waals surface area contributed by atoms with E-state index in [0.29, 0.717) is 12.1 Å². The molecule has 0 spiro atoms. The Morgan fingerprint density at radius 3 is 2.76 bits per heavy atom. The summed E-state index contributed by atoms with van der Waals surface area (Å²) in [6.07, 6.45) is 1.92. The van der Waals surface area contributed by atoms with Crippen molar-refractivity contribution >= 4 is 11.6 Å². The van der Waals surface area contributed by atoms with Crippen LogP contribution in [0.5, 0.6) is 0 Å². The Hall–Kier alpha value is -2.73. The van der Waals surface area contributed by atoms with Crippen molar-refractivity contribution in [2.75, 3.05) is 19.6 Å². The molecule has 0 radical (unpaired) electrons. The highest BCUT2D eigenvalue weighted by molar-refractivity contribution is 5.94. The van der Waals surface area contributed by atoms with Crippen molar-refractivity contribution < 1.29 is 9.72 Å². The average Bonchev–Trinajstić information content (AvgIpc) is 2.65. The standard InChI is InChI=1S/C19H21N3O3/c23-19(16-7-3-8-18(13-16)22(24)25)20-10-4-11-21-12-9-15-5-1-2-6-17(15)14-21/h1-3,5-8,13H,4,9-12,14H2,(H,20,23). The number of amides is 1. The van der Waals surface area contributed by atoms with Crippen LogP contribution in [-0.2, 0) is 13.0 Å². The molecule has 0 bridgehead atoms. The third-order valence-corrected chi connectivity index (χ3v) is 4.47. The first-order chi connectivity index (χ1) is 12.1. The summed E-state index contributed by atoms with van der Waals surface area (Å²) >= 11 is 0. The number of benzene rings is 2. The number of nitro groups is 1. The fourth-order valence-electron chi connectivity index (χ4n) is 3.11. The van der Waals surface area contributed by atoms with E-state index in [-0.39, 0.29) is 11.6 Å². The highest BCUT2D eigenvalue weighted by Crippen LogP contribution is 2.18. The van der Waals surface area contributed by atoms with Gasteiger partial charge < -0.3 is 5.32 Å². The van der Waals surface area contributed by atoms with Crippen molar-refractivity contribution in [3.63, 3.8) is 0 Å². The van der Waals surface area contributed by atoms with Gasteiger partial charge in [-0.25, -0.2) is 0 Å². The second-order valence-corrected chi connectivity index (χ2v) is 6.21. The molecule has 6 heteroatoms. The Morgan fingerprint density at radius 2 is 1.96 bits per heavy atom. The molecule has 6 nitrogen and oxygen atoms in total. The molecule has 2 aromatic rings. The zero-order valence-corrected chi connectivity index (χ0v) is 14.0. The van der Waals surface area contributed by atoms with Crippen LogP contribution in [0.3, 0.4) is 0 Å². The SMILES string of the molecule is O=C(NCCCN1CCc2ccccc2C1)c1cccc([N+](=O)[O-])c1. The van der Waals surface area contributed by atoms with Crippen molar-refractivity contribution in [3.05, 3.63) is 75.3 Å². The van der Waals surface area contributed by atoms with Crippen LogP contribution in [0.15, 0.2) is 48.5 Å². The van der Waals surface area contributed by atoms with E-state index in [1.165, 1.54) is 29.3 Å². The van der Waals surface area contributed by atoms with E-state index >= 15 is 0 Å². The Labute approximate surface area is 146 Å². The molecule has 0 unspecified atom stereocenters. The van der Waals surface area contributed by atoms with Crippen molar-refractivity contribution in [2.45, 2.75) is 19.4 Å². The maximum atomic E-state index is 12.1. The third-order valence-electron chi connectivity index (χ3n) is 4.47. The van der Waals surface area contributed by atoms with E-state index in [0.717, 1.165) is 32.5 Å². The van der Waals surface area contributed by atoms with E-state index in [1.807, 2.05) is 0 Å². The predicted octanol–water partition coefficient (Wildman–Crippen LogP) is 2.77. The van der Waals surface area contributed by atoms with Crippen molar-refractivity contribution in [1.29, 1.82) is 0 Å². The molecule has 1 aliphatic rings. The fourth-order valence-corrected chi connectivity index (χ4v) is 3.11. The lowest BCUT2D eigenvalue weighted by molar-refractivity contribution is -0.384. The number of carbonyl (C=O) groups is 1. The summed E-state index contributed by atoms with van der Waals surface area (Å²) in [6.45, 7) is 3.47. The van der Waals surface area contributed by atoms with E-state index in [1.54, 1.807) is 6.07 Å². The highest BCUT2D eigenvalue weighted by Gasteiger charge is 2.15. The molecular formula is C19H21N3O3. The van der Waals surface area contributed by atoms with Crippen molar-refractivity contribution in [1.82, 2.24) is 10.2 Å². The van der Waals surface area contributed by atoms with Gasteiger partial charge in [0.05, 0.1) is 4.92 Å². The van der Waals surface area contributed by atoms with Crippen LogP contribution in [0, 0.1) is 10.1 Å². The van der Waals surface area contributed by atoms with Gasteiger partial charge in [0.15, 0.2) is 0 Å². The molecule has 1 aliphatic heterocycles. The Morgan fingerprint density at radius 1 is 1.16 bits per heavy atom. The average molecular weight is 339 g/mol. The summed E-state index contributed by atoms with van der Waals surface area (Å²) < 4.78 is 0. The molecule has 130 valence electrons. The van der Waals surface area contributed by atoms with Crippen LogP contribution in [0.2, 0.25) is 0 Å². The number of nitrogens with zero attached hydrogens (tertiary/aromatic N) is 2. The van der Waals surface area contributed by atoms with E-state index in [4.69, 9.17) is 0 Å². The minimum absolute atomic E-state index is 0.0698. The molecule has 0 aliphatic carbocycles. The van der Waals surface area contributed by atoms with Gasteiger partial charge in [-0.3, -0.25) is 19.8 Å². The summed E-state index contributed by atoms with van der Waals surface area (Å²) in [5, 5.41) is 13.6. The Bertz CT molecular complexity index is 776. The van der Waals surface area contributed by atoms with Crippen molar-refractivity contribution in [2.24, 2.45) is 0 Å². The van der Waals surface area contributed by atoms with Crippen LogP contribution >= 0.6 is 0 Å². The first-order valence-corrected chi connectivity index (χ1v) is 8.45. The molecule has 1 heterocycles. The lowest BCUT2D eigenvalue weighted by atomic mass is 10.00. The summed E-state index contributed by atoms with van der Waals surface area (Å²) in [5.74, 6) is -0.271. The molecule has 0 saturated heterocycles. The third kappa shape index (κ3) is 4.42. The van der Waals surface area contributed by atoms with Crippen molar-refractivity contribution in [3.8, 4) is 0 Å². The molecule has 0 atom stereocenters. The minimum atomic E-state index is -0.495. The van der Waals surface area contributed by atoms with E-state index in [2.05, 4.69) is 34.5 Å². The normalized spacial score (nSPS) is 13.9. The molecule has 25 heavy (non-hydrogen) atoms. The zero-order chi connectivity index (χ0) is 17.6. The fraction of sp³-hybridized carbons (Fsp3) is 0.316. The summed E-state index contributed by atoms with van der Waals surface area (Å²) in [7, 11) is 0. The van der Waals surface area contributed by atoms with E-state index in [9.17, 15) is 14.9 Å². The number of fused-ring (bicyclic) bond motifs is 1. The molecule has 0 aromatic heterocycles. The second-order valence-electron chi connectivity index (χ2n) is 6.21. The highest BCUT2D eigenvalue weighted by atomic mass is 16.6. The van der Waals surface area contributed by atoms with Gasteiger partial charge in [-0.1, -0.05) is 30.3 Å². The second kappa shape index (κ2) is 7.90. The number of nitro benzene ring substituents is 1. The smallest absolute Gasteiger partial charge is 0.270 e. The van der Waals surface area contributed by atoms with Gasteiger partial charge in [0.2, 0.25) is 0 Å². The number of rotatable bonds is 6. The Balaban J connectivity index is 1.44. The molecular weight excluding hydrogens is 318 g/mol. The largest absolute Gasteiger partial charge is 0.352 e. The topological polar surface area (TPSA) is 75.5 Å². The van der Waals surface area contributed by atoms with Crippen LogP contribution < -0.4 is 5.32 Å². The lowest BCUT2D eigenvalue weighted by Gasteiger charge is -2.28. The Kier molecular flexibility index (Phi) is 5.40. The van der Waals surface area contributed by atoms with Gasteiger partial charge in [0.25, 0.3) is 11.6 Å². The molecule has 0 saturated carbocycles. The molecule has 1 N–H and O–H groups in total. The number of nitrogens with one attached hydrogen (secondary N) is 1. The number of carbonyl (C=O) groups excluding carboxylic acids is 1. The monoisotopic (exact) mass is 339 g/mol. The van der Waals surface area contributed by atoms with Gasteiger partial charge in [-0.05, 0) is 30.0 Å². The van der Waals surface area contributed by atoms with Gasteiger partial charge >= 0.3 is 0 Å².